The van der Waals surface area contributed by atoms with Gasteiger partial charge in [0.05, 0.1) is 3.57 Å². The summed E-state index contributed by atoms with van der Waals surface area (Å²) in [4.78, 5) is 2.87. The lowest BCUT2D eigenvalue weighted by Crippen LogP contribution is -2.18. The molecule has 0 aromatic carbocycles. The van der Waals surface area contributed by atoms with Gasteiger partial charge in [0.1, 0.15) is 5.69 Å². The van der Waals surface area contributed by atoms with E-state index in [2.05, 4.69) is 9.72 Å². The second-order valence-electron chi connectivity index (χ2n) is 2.53. The van der Waals surface area contributed by atoms with Crippen LogP contribution in [0, 0.1) is 3.57 Å². The van der Waals surface area contributed by atoms with Gasteiger partial charge in [0.25, 0.3) is 12.3 Å². The lowest BCUT2D eigenvalue weighted by Gasteiger charge is -2.11. The van der Waals surface area contributed by atoms with E-state index in [0.29, 0.717) is 0 Å². The van der Waals surface area contributed by atoms with Crippen LogP contribution in [0.25, 0.3) is 0 Å². The van der Waals surface area contributed by atoms with Gasteiger partial charge in [-0.1, -0.05) is 0 Å². The number of alkyl halides is 5. The van der Waals surface area contributed by atoms with Crippen LogP contribution in [0.1, 0.15) is 12.1 Å². The van der Waals surface area contributed by atoms with Gasteiger partial charge in [-0.15, -0.1) is 13.2 Å². The Morgan fingerprint density at radius 2 is 1.94 bits per heavy atom. The number of hydrogen-bond donors (Lipinski definition) is 1. The Kier molecular flexibility index (Phi) is 3.76. The second-order valence-corrected chi connectivity index (χ2v) is 3.69. The number of rotatable bonds is 2. The fourth-order valence-electron chi connectivity index (χ4n) is 0.795. The molecule has 1 aromatic heterocycles. The van der Waals surface area contributed by atoms with Crippen molar-refractivity contribution < 1.29 is 31.8 Å². The molecule has 0 saturated carbocycles. The molecule has 0 spiro atoms. The molecule has 0 amide bonds. The fraction of sp³-hybridized carbons (Fsp3) is 0.286. The van der Waals surface area contributed by atoms with Crippen molar-refractivity contribution in [3.05, 3.63) is 15.3 Å². The summed E-state index contributed by atoms with van der Waals surface area (Å²) in [5.74, 6) is -2.21. The Morgan fingerprint density at radius 1 is 1.38 bits per heavy atom. The number of aromatic hydroxyl groups is 1. The van der Waals surface area contributed by atoms with Gasteiger partial charge in [0.2, 0.25) is 0 Å². The fourth-order valence-corrected chi connectivity index (χ4v) is 1.35. The lowest BCUT2D eigenvalue weighted by atomic mass is 10.3. The summed E-state index contributed by atoms with van der Waals surface area (Å²) in [6, 6.07) is 0.768. The molecular weight excluding hydrogens is 352 g/mol. The molecule has 0 unspecified atom stereocenters. The third kappa shape index (κ3) is 3.32. The van der Waals surface area contributed by atoms with Gasteiger partial charge in [0.15, 0.2) is 5.75 Å². The smallest absolute Gasteiger partial charge is 0.502 e. The van der Waals surface area contributed by atoms with Crippen LogP contribution in [0.2, 0.25) is 0 Å². The highest BCUT2D eigenvalue weighted by Crippen LogP contribution is 2.35. The standard InChI is InChI=1S/C7H3F5INO2/c8-5(9)3-1-2(13)4(15)6(14-3)16-7(10,11)12/h1,5,15H. The van der Waals surface area contributed by atoms with Crippen LogP contribution in [0.5, 0.6) is 11.6 Å². The first kappa shape index (κ1) is 13.2. The van der Waals surface area contributed by atoms with E-state index < -0.39 is 30.1 Å². The van der Waals surface area contributed by atoms with E-state index in [0.717, 1.165) is 6.07 Å². The Balaban J connectivity index is 3.17. The maximum Gasteiger partial charge on any atom is 0.574 e. The van der Waals surface area contributed by atoms with E-state index >= 15 is 0 Å². The van der Waals surface area contributed by atoms with Crippen molar-refractivity contribution in [2.75, 3.05) is 0 Å². The molecule has 0 radical (unpaired) electrons. The van der Waals surface area contributed by atoms with Crippen molar-refractivity contribution in [1.82, 2.24) is 4.98 Å². The van der Waals surface area contributed by atoms with Gasteiger partial charge in [0, 0.05) is 0 Å². The van der Waals surface area contributed by atoms with Crippen LogP contribution >= 0.6 is 22.6 Å². The van der Waals surface area contributed by atoms with E-state index in [1.165, 1.54) is 22.6 Å². The molecule has 0 aliphatic heterocycles. The zero-order valence-corrected chi connectivity index (χ0v) is 9.38. The third-order valence-corrected chi connectivity index (χ3v) is 2.19. The molecule has 9 heteroatoms. The van der Waals surface area contributed by atoms with Gasteiger partial charge in [-0.25, -0.2) is 13.8 Å². The highest BCUT2D eigenvalue weighted by molar-refractivity contribution is 14.1. The normalized spacial score (nSPS) is 11.9. The molecule has 3 nitrogen and oxygen atoms in total. The van der Waals surface area contributed by atoms with Crippen LogP contribution in [0.3, 0.4) is 0 Å². The van der Waals surface area contributed by atoms with Crippen LogP contribution in [0.15, 0.2) is 6.07 Å². The summed E-state index contributed by atoms with van der Waals surface area (Å²) in [5.41, 5.74) is -0.901. The van der Waals surface area contributed by atoms with Gasteiger partial charge in [-0.3, -0.25) is 0 Å². The van der Waals surface area contributed by atoms with Crippen molar-refractivity contribution >= 4 is 22.6 Å². The Hall–Kier alpha value is -0.870. The SMILES string of the molecule is Oc1c(I)cc(C(F)F)nc1OC(F)(F)F. The number of halogens is 6. The first-order valence-electron chi connectivity index (χ1n) is 3.64. The topological polar surface area (TPSA) is 42.4 Å². The maximum absolute atomic E-state index is 12.2. The average Bonchev–Trinajstić information content (AvgIpc) is 2.10. The molecule has 0 saturated heterocycles. The summed E-state index contributed by atoms with van der Waals surface area (Å²) in [7, 11) is 0. The summed E-state index contributed by atoms with van der Waals surface area (Å²) in [6.07, 6.45) is -8.15. The molecule has 0 fully saturated rings. The molecule has 90 valence electrons. The van der Waals surface area contributed by atoms with Crippen molar-refractivity contribution in [3.8, 4) is 11.6 Å². The molecule has 0 aliphatic rings. The number of pyridine rings is 1. The summed E-state index contributed by atoms with van der Waals surface area (Å²) in [5, 5.41) is 9.13. The molecule has 0 aliphatic carbocycles. The molecule has 16 heavy (non-hydrogen) atoms. The Morgan fingerprint density at radius 3 is 2.38 bits per heavy atom. The van der Waals surface area contributed by atoms with Crippen LogP contribution in [-0.4, -0.2) is 16.5 Å². The van der Waals surface area contributed by atoms with E-state index in [4.69, 9.17) is 5.11 Å². The van der Waals surface area contributed by atoms with Crippen molar-refractivity contribution in [1.29, 1.82) is 0 Å². The van der Waals surface area contributed by atoms with Crippen molar-refractivity contribution in [2.24, 2.45) is 0 Å². The molecule has 1 aromatic rings. The molecule has 1 N–H and O–H groups in total. The lowest BCUT2D eigenvalue weighted by molar-refractivity contribution is -0.276. The van der Waals surface area contributed by atoms with Gasteiger partial charge in [-0.05, 0) is 28.7 Å². The second kappa shape index (κ2) is 4.55. The van der Waals surface area contributed by atoms with Crippen molar-refractivity contribution in [2.45, 2.75) is 12.8 Å². The molecule has 0 atom stereocenters. The molecule has 1 heterocycles. The van der Waals surface area contributed by atoms with Crippen LogP contribution < -0.4 is 4.74 Å². The highest BCUT2D eigenvalue weighted by atomic mass is 127. The molecule has 1 rings (SSSR count). The minimum atomic E-state index is -5.10. The summed E-state index contributed by atoms with van der Waals surface area (Å²) in [6.45, 7) is 0. The van der Waals surface area contributed by atoms with Gasteiger partial charge >= 0.3 is 6.36 Å². The van der Waals surface area contributed by atoms with Crippen LogP contribution in [-0.2, 0) is 0 Å². The van der Waals surface area contributed by atoms with Gasteiger partial charge in [-0.2, -0.15) is 0 Å². The molecule has 0 bridgehead atoms. The minimum absolute atomic E-state index is 0.206. The number of nitrogens with zero attached hydrogens (tertiary/aromatic N) is 1. The maximum atomic E-state index is 12.2. The minimum Gasteiger partial charge on any atom is -0.502 e. The zero-order valence-electron chi connectivity index (χ0n) is 7.23. The van der Waals surface area contributed by atoms with E-state index in [1.807, 2.05) is 0 Å². The summed E-state index contributed by atoms with van der Waals surface area (Å²) < 4.78 is 63.0. The average molecular weight is 355 g/mol. The highest BCUT2D eigenvalue weighted by Gasteiger charge is 2.34. The predicted octanol–water partition coefficient (Wildman–Crippen LogP) is 3.23. The first-order valence-corrected chi connectivity index (χ1v) is 4.72. The van der Waals surface area contributed by atoms with E-state index in [-0.39, 0.29) is 3.57 Å². The Labute approximate surface area is 99.4 Å². The largest absolute Gasteiger partial charge is 0.574 e. The predicted molar refractivity (Wildman–Crippen MR) is 50.3 cm³/mol. The number of aromatic nitrogens is 1. The Bertz CT molecular complexity index is 395. The third-order valence-electron chi connectivity index (χ3n) is 1.37. The molecular formula is C7H3F5INO2. The number of hydrogen-bond acceptors (Lipinski definition) is 3. The first-order chi connectivity index (χ1) is 7.20. The van der Waals surface area contributed by atoms with Crippen LogP contribution in [0.4, 0.5) is 22.0 Å². The number of ether oxygens (including phenoxy) is 1. The zero-order chi connectivity index (χ0) is 12.5. The quantitative estimate of drug-likeness (QED) is 0.655. The van der Waals surface area contributed by atoms with Crippen molar-refractivity contribution in [3.63, 3.8) is 0 Å². The van der Waals surface area contributed by atoms with E-state index in [1.54, 1.807) is 0 Å². The van der Waals surface area contributed by atoms with Gasteiger partial charge < -0.3 is 9.84 Å². The van der Waals surface area contributed by atoms with E-state index in [9.17, 15) is 22.0 Å². The monoisotopic (exact) mass is 355 g/mol. The summed E-state index contributed by atoms with van der Waals surface area (Å²) >= 11 is 1.39.